The van der Waals surface area contributed by atoms with Crippen LogP contribution in [-0.2, 0) is 4.74 Å². The van der Waals surface area contributed by atoms with Crippen molar-refractivity contribution in [2.75, 3.05) is 26.2 Å². The van der Waals surface area contributed by atoms with E-state index in [-0.39, 0.29) is 5.60 Å². The van der Waals surface area contributed by atoms with E-state index >= 15 is 0 Å². The molecule has 0 amide bonds. The summed E-state index contributed by atoms with van der Waals surface area (Å²) in [6.45, 7) is 19.9. The minimum atomic E-state index is -0.0563. The lowest BCUT2D eigenvalue weighted by atomic mass is 9.91. The van der Waals surface area contributed by atoms with Gasteiger partial charge in [-0.3, -0.25) is 4.90 Å². The fourth-order valence-corrected chi connectivity index (χ4v) is 3.28. The molecule has 0 saturated carbocycles. The van der Waals surface area contributed by atoms with Gasteiger partial charge in [0.2, 0.25) is 0 Å². The third-order valence-corrected chi connectivity index (χ3v) is 4.71. The molecule has 0 aromatic heterocycles. The predicted octanol–water partition coefficient (Wildman–Crippen LogP) is 3.15. The minimum absolute atomic E-state index is 0.0563. The van der Waals surface area contributed by atoms with Gasteiger partial charge >= 0.3 is 0 Å². The van der Waals surface area contributed by atoms with Gasteiger partial charge in [-0.15, -0.1) is 0 Å². The SMILES string of the molecule is CCOC(C)(C)CN1CC(C(C)CC)NCC1C(C)C. The lowest BCUT2D eigenvalue weighted by molar-refractivity contribution is -0.0558. The molecule has 1 fully saturated rings. The van der Waals surface area contributed by atoms with Crippen LogP contribution in [0.2, 0.25) is 0 Å². The number of rotatable bonds is 7. The molecule has 0 aromatic carbocycles. The van der Waals surface area contributed by atoms with Gasteiger partial charge in [-0.05, 0) is 32.6 Å². The van der Waals surface area contributed by atoms with Crippen LogP contribution >= 0.6 is 0 Å². The highest BCUT2D eigenvalue weighted by atomic mass is 16.5. The van der Waals surface area contributed by atoms with Gasteiger partial charge in [0.05, 0.1) is 5.60 Å². The van der Waals surface area contributed by atoms with E-state index < -0.39 is 0 Å². The first-order valence-corrected chi connectivity index (χ1v) is 8.42. The summed E-state index contributed by atoms with van der Waals surface area (Å²) in [6.07, 6.45) is 1.24. The van der Waals surface area contributed by atoms with Gasteiger partial charge in [-0.25, -0.2) is 0 Å². The van der Waals surface area contributed by atoms with Crippen molar-refractivity contribution in [2.24, 2.45) is 11.8 Å². The maximum atomic E-state index is 5.92. The normalized spacial score (nSPS) is 27.0. The van der Waals surface area contributed by atoms with Crippen LogP contribution < -0.4 is 5.32 Å². The molecule has 1 rings (SSSR count). The van der Waals surface area contributed by atoms with Crippen molar-refractivity contribution in [2.45, 2.75) is 72.6 Å². The van der Waals surface area contributed by atoms with Gasteiger partial charge in [0.1, 0.15) is 0 Å². The molecular formula is C17H36N2O. The smallest absolute Gasteiger partial charge is 0.0752 e. The predicted molar refractivity (Wildman–Crippen MR) is 87.1 cm³/mol. The van der Waals surface area contributed by atoms with Crippen molar-refractivity contribution in [3.63, 3.8) is 0 Å². The van der Waals surface area contributed by atoms with Crippen LogP contribution in [0.25, 0.3) is 0 Å². The summed E-state index contributed by atoms with van der Waals surface area (Å²) in [5.74, 6) is 1.42. The first-order chi connectivity index (χ1) is 9.30. The minimum Gasteiger partial charge on any atom is -0.375 e. The molecular weight excluding hydrogens is 248 g/mol. The fraction of sp³-hybridized carbons (Fsp3) is 1.00. The Bertz CT molecular complexity index is 278. The van der Waals surface area contributed by atoms with Crippen molar-refractivity contribution in [1.29, 1.82) is 0 Å². The number of piperazine rings is 1. The number of nitrogens with zero attached hydrogens (tertiary/aromatic N) is 1. The number of ether oxygens (including phenoxy) is 1. The zero-order chi connectivity index (χ0) is 15.3. The molecule has 3 nitrogen and oxygen atoms in total. The Morgan fingerprint density at radius 2 is 1.90 bits per heavy atom. The average molecular weight is 284 g/mol. The largest absolute Gasteiger partial charge is 0.375 e. The van der Waals surface area contributed by atoms with Crippen LogP contribution in [0.5, 0.6) is 0 Å². The first kappa shape index (κ1) is 17.9. The molecule has 3 atom stereocenters. The number of hydrogen-bond acceptors (Lipinski definition) is 3. The molecule has 0 radical (unpaired) electrons. The van der Waals surface area contributed by atoms with Gasteiger partial charge < -0.3 is 10.1 Å². The van der Waals surface area contributed by atoms with Crippen LogP contribution in [0.15, 0.2) is 0 Å². The molecule has 0 bridgehead atoms. The van der Waals surface area contributed by atoms with E-state index in [0.29, 0.717) is 18.0 Å². The summed E-state index contributed by atoms with van der Waals surface area (Å²) in [7, 11) is 0. The summed E-state index contributed by atoms with van der Waals surface area (Å²) in [5, 5.41) is 3.77. The summed E-state index contributed by atoms with van der Waals surface area (Å²) in [6, 6.07) is 1.24. The van der Waals surface area contributed by atoms with Gasteiger partial charge in [-0.2, -0.15) is 0 Å². The summed E-state index contributed by atoms with van der Waals surface area (Å²) < 4.78 is 5.92. The molecule has 120 valence electrons. The van der Waals surface area contributed by atoms with E-state index in [1.807, 2.05) is 0 Å². The quantitative estimate of drug-likeness (QED) is 0.777. The monoisotopic (exact) mass is 284 g/mol. The fourth-order valence-electron chi connectivity index (χ4n) is 3.28. The lowest BCUT2D eigenvalue weighted by Gasteiger charge is -2.46. The van der Waals surface area contributed by atoms with Crippen molar-refractivity contribution < 1.29 is 4.74 Å². The van der Waals surface area contributed by atoms with E-state index in [1.54, 1.807) is 0 Å². The molecule has 1 N–H and O–H groups in total. The standard InChI is InChI=1S/C17H36N2O/c1-8-14(5)15-11-19(12-17(6,7)20-9-2)16(10-18-15)13(3)4/h13-16,18H,8-12H2,1-7H3. The Balaban J connectivity index is 2.73. The van der Waals surface area contributed by atoms with Crippen LogP contribution in [0, 0.1) is 11.8 Å². The summed E-state index contributed by atoms with van der Waals surface area (Å²) in [4.78, 5) is 2.66. The maximum absolute atomic E-state index is 5.92. The van der Waals surface area contributed by atoms with E-state index in [1.165, 1.54) is 6.42 Å². The maximum Gasteiger partial charge on any atom is 0.0752 e. The molecule has 3 unspecified atom stereocenters. The molecule has 1 aliphatic heterocycles. The summed E-state index contributed by atoms with van der Waals surface area (Å²) in [5.41, 5.74) is -0.0563. The third-order valence-electron chi connectivity index (χ3n) is 4.71. The highest BCUT2D eigenvalue weighted by Crippen LogP contribution is 2.23. The molecule has 1 saturated heterocycles. The zero-order valence-corrected chi connectivity index (χ0v) is 14.7. The topological polar surface area (TPSA) is 24.5 Å². The molecule has 20 heavy (non-hydrogen) atoms. The molecule has 0 aromatic rings. The Labute approximate surface area is 126 Å². The van der Waals surface area contributed by atoms with E-state index in [9.17, 15) is 0 Å². The van der Waals surface area contributed by atoms with Gasteiger partial charge in [0, 0.05) is 38.3 Å². The Morgan fingerprint density at radius 1 is 1.25 bits per heavy atom. The van der Waals surface area contributed by atoms with Crippen molar-refractivity contribution >= 4 is 0 Å². The van der Waals surface area contributed by atoms with E-state index in [4.69, 9.17) is 4.74 Å². The van der Waals surface area contributed by atoms with Crippen LogP contribution in [0.1, 0.15) is 54.9 Å². The van der Waals surface area contributed by atoms with Crippen LogP contribution in [0.4, 0.5) is 0 Å². The van der Waals surface area contributed by atoms with Crippen molar-refractivity contribution in [3.8, 4) is 0 Å². The molecule has 0 aliphatic carbocycles. The third kappa shape index (κ3) is 5.01. The molecule has 1 aliphatic rings. The molecule has 0 spiro atoms. The second-order valence-electron chi connectivity index (χ2n) is 7.33. The van der Waals surface area contributed by atoms with Gasteiger partial charge in [0.25, 0.3) is 0 Å². The second kappa shape index (κ2) is 7.77. The van der Waals surface area contributed by atoms with Crippen molar-refractivity contribution in [3.05, 3.63) is 0 Å². The Morgan fingerprint density at radius 3 is 2.40 bits per heavy atom. The number of nitrogens with one attached hydrogen (secondary N) is 1. The molecule has 1 heterocycles. The van der Waals surface area contributed by atoms with E-state index in [2.05, 4.69) is 58.7 Å². The highest BCUT2D eigenvalue weighted by Gasteiger charge is 2.34. The number of hydrogen-bond donors (Lipinski definition) is 1. The van der Waals surface area contributed by atoms with Crippen LogP contribution in [0.3, 0.4) is 0 Å². The zero-order valence-electron chi connectivity index (χ0n) is 14.7. The van der Waals surface area contributed by atoms with Gasteiger partial charge in [0.15, 0.2) is 0 Å². The first-order valence-electron chi connectivity index (χ1n) is 8.42. The second-order valence-corrected chi connectivity index (χ2v) is 7.33. The Kier molecular flexibility index (Phi) is 6.96. The lowest BCUT2D eigenvalue weighted by Crippen LogP contribution is -2.62. The van der Waals surface area contributed by atoms with Crippen molar-refractivity contribution in [1.82, 2.24) is 10.2 Å². The molecule has 3 heteroatoms. The van der Waals surface area contributed by atoms with Crippen LogP contribution in [-0.4, -0.2) is 48.8 Å². The average Bonchev–Trinajstić information content (AvgIpc) is 2.36. The Hall–Kier alpha value is -0.120. The highest BCUT2D eigenvalue weighted by molar-refractivity contribution is 4.92. The van der Waals surface area contributed by atoms with Gasteiger partial charge in [-0.1, -0.05) is 34.1 Å². The van der Waals surface area contributed by atoms with E-state index in [0.717, 1.165) is 32.2 Å². The summed E-state index contributed by atoms with van der Waals surface area (Å²) >= 11 is 0.